The van der Waals surface area contributed by atoms with E-state index in [1.807, 2.05) is 7.05 Å². The van der Waals surface area contributed by atoms with Crippen LogP contribution in [0.15, 0.2) is 12.4 Å². The zero-order chi connectivity index (χ0) is 13.6. The predicted octanol–water partition coefficient (Wildman–Crippen LogP) is 1.95. The summed E-state index contributed by atoms with van der Waals surface area (Å²) in [5, 5.41) is 3.30. The fourth-order valence-corrected chi connectivity index (χ4v) is 2.38. The summed E-state index contributed by atoms with van der Waals surface area (Å²) in [6.07, 6.45) is 5.40. The smallest absolute Gasteiger partial charge is 0.316 e. The van der Waals surface area contributed by atoms with Gasteiger partial charge in [0.05, 0.1) is 18.8 Å². The van der Waals surface area contributed by atoms with E-state index in [-0.39, 0.29) is 11.6 Å². The molecule has 0 bridgehead atoms. The maximum absolute atomic E-state index is 5.75. The minimum Gasteiger partial charge on any atom is -0.467 e. The Labute approximate surface area is 109 Å². The summed E-state index contributed by atoms with van der Waals surface area (Å²) in [7, 11) is 5.23. The number of likely N-dealkylation sites (N-methyl/N-ethyl adjacent to an activating group) is 1. The van der Waals surface area contributed by atoms with E-state index in [0.717, 1.165) is 18.4 Å². The molecule has 1 aromatic heterocycles. The third kappa shape index (κ3) is 2.79. The van der Waals surface area contributed by atoms with Crippen LogP contribution in [0.5, 0.6) is 6.01 Å². The highest BCUT2D eigenvalue weighted by molar-refractivity contribution is 5.17. The van der Waals surface area contributed by atoms with E-state index < -0.39 is 0 Å². The number of nitrogens with one attached hydrogen (secondary N) is 1. The second-order valence-electron chi connectivity index (χ2n) is 4.20. The van der Waals surface area contributed by atoms with Crippen molar-refractivity contribution in [1.82, 2.24) is 15.3 Å². The lowest BCUT2D eigenvalue weighted by Gasteiger charge is -2.38. The average molecular weight is 253 g/mol. The molecule has 0 spiro atoms. The number of methoxy groups -OCH3 is 2. The Bertz CT molecular complexity index is 341. The van der Waals surface area contributed by atoms with Gasteiger partial charge in [-0.2, -0.15) is 0 Å². The number of ether oxygens (including phenoxy) is 2. The van der Waals surface area contributed by atoms with Crippen molar-refractivity contribution < 1.29 is 9.47 Å². The second-order valence-corrected chi connectivity index (χ2v) is 4.20. The lowest BCUT2D eigenvalue weighted by atomic mass is 9.85. The fraction of sp³-hybridized carbons (Fsp3) is 0.692. The predicted molar refractivity (Wildman–Crippen MR) is 70.7 cm³/mol. The molecule has 1 rings (SSSR count). The van der Waals surface area contributed by atoms with Gasteiger partial charge in [-0.25, -0.2) is 9.97 Å². The SMILES string of the molecule is CCC(CC)(OC)C(NC)c1cnc(OC)nc1. The van der Waals surface area contributed by atoms with Crippen LogP contribution in [-0.2, 0) is 4.74 Å². The van der Waals surface area contributed by atoms with E-state index in [1.54, 1.807) is 26.6 Å². The van der Waals surface area contributed by atoms with Crippen LogP contribution in [0.25, 0.3) is 0 Å². The fourth-order valence-electron chi connectivity index (χ4n) is 2.38. The average Bonchev–Trinajstić information content (AvgIpc) is 2.45. The Balaban J connectivity index is 3.06. The normalized spacial score (nSPS) is 13.4. The van der Waals surface area contributed by atoms with Crippen molar-refractivity contribution in [2.75, 3.05) is 21.3 Å². The summed E-state index contributed by atoms with van der Waals surface area (Å²) in [6, 6.07) is 0.438. The van der Waals surface area contributed by atoms with Gasteiger partial charge in [0.2, 0.25) is 0 Å². The molecule has 0 radical (unpaired) electrons. The molecule has 0 amide bonds. The van der Waals surface area contributed by atoms with Crippen molar-refractivity contribution in [1.29, 1.82) is 0 Å². The molecule has 0 aliphatic carbocycles. The lowest BCUT2D eigenvalue weighted by Crippen LogP contribution is -2.43. The van der Waals surface area contributed by atoms with Crippen molar-refractivity contribution >= 4 is 0 Å². The number of nitrogens with zero attached hydrogens (tertiary/aromatic N) is 2. The monoisotopic (exact) mass is 253 g/mol. The van der Waals surface area contributed by atoms with Crippen LogP contribution in [-0.4, -0.2) is 36.8 Å². The molecule has 5 nitrogen and oxygen atoms in total. The highest BCUT2D eigenvalue weighted by atomic mass is 16.5. The Morgan fingerprint density at radius 3 is 2.11 bits per heavy atom. The molecule has 0 aromatic carbocycles. The first-order valence-electron chi connectivity index (χ1n) is 6.25. The molecule has 1 N–H and O–H groups in total. The summed E-state index contributed by atoms with van der Waals surface area (Å²) >= 11 is 0. The standard InChI is InChI=1S/C13H23N3O2/c1-6-13(7-2,18-5)11(14-3)10-8-15-12(17-4)16-9-10/h8-9,11,14H,6-7H2,1-5H3. The van der Waals surface area contributed by atoms with Crippen LogP contribution in [0.2, 0.25) is 0 Å². The van der Waals surface area contributed by atoms with Crippen molar-refractivity contribution in [3.8, 4) is 6.01 Å². The molecule has 0 saturated heterocycles. The summed E-state index contributed by atoms with van der Waals surface area (Å²) < 4.78 is 10.7. The van der Waals surface area contributed by atoms with Crippen molar-refractivity contribution in [3.05, 3.63) is 18.0 Å². The van der Waals surface area contributed by atoms with Crippen LogP contribution >= 0.6 is 0 Å². The highest BCUT2D eigenvalue weighted by Crippen LogP contribution is 2.34. The van der Waals surface area contributed by atoms with Crippen LogP contribution in [0.1, 0.15) is 38.3 Å². The Hall–Kier alpha value is -1.20. The first kappa shape index (κ1) is 14.9. The first-order chi connectivity index (χ1) is 8.67. The van der Waals surface area contributed by atoms with Crippen LogP contribution in [0, 0.1) is 0 Å². The minimum absolute atomic E-state index is 0.0587. The molecule has 5 heteroatoms. The number of hydrogen-bond acceptors (Lipinski definition) is 5. The van der Waals surface area contributed by atoms with Crippen LogP contribution in [0.3, 0.4) is 0 Å². The first-order valence-corrected chi connectivity index (χ1v) is 6.25. The molecular formula is C13H23N3O2. The van der Waals surface area contributed by atoms with Crippen molar-refractivity contribution in [2.24, 2.45) is 0 Å². The van der Waals surface area contributed by atoms with E-state index in [2.05, 4.69) is 29.1 Å². The third-order valence-corrected chi connectivity index (χ3v) is 3.58. The molecule has 18 heavy (non-hydrogen) atoms. The molecule has 0 fully saturated rings. The van der Waals surface area contributed by atoms with E-state index >= 15 is 0 Å². The Morgan fingerprint density at radius 2 is 1.78 bits per heavy atom. The molecule has 1 atom stereocenters. The lowest BCUT2D eigenvalue weighted by molar-refractivity contribution is -0.0469. The number of hydrogen-bond donors (Lipinski definition) is 1. The number of aromatic nitrogens is 2. The van der Waals surface area contributed by atoms with E-state index in [4.69, 9.17) is 9.47 Å². The molecule has 102 valence electrons. The van der Waals surface area contributed by atoms with Crippen LogP contribution < -0.4 is 10.1 Å². The third-order valence-electron chi connectivity index (χ3n) is 3.58. The summed E-state index contributed by atoms with van der Waals surface area (Å²) in [5.74, 6) is 0. The maximum atomic E-state index is 5.75. The van der Waals surface area contributed by atoms with Gasteiger partial charge in [0.25, 0.3) is 0 Å². The molecule has 0 aliphatic heterocycles. The van der Waals surface area contributed by atoms with Gasteiger partial charge in [0.1, 0.15) is 0 Å². The zero-order valence-electron chi connectivity index (χ0n) is 11.9. The maximum Gasteiger partial charge on any atom is 0.316 e. The Kier molecular flexibility index (Phi) is 5.50. The van der Waals surface area contributed by atoms with Gasteiger partial charge in [0.15, 0.2) is 0 Å². The molecule has 1 heterocycles. The van der Waals surface area contributed by atoms with Gasteiger partial charge in [-0.15, -0.1) is 0 Å². The molecular weight excluding hydrogens is 230 g/mol. The van der Waals surface area contributed by atoms with Gasteiger partial charge in [-0.3, -0.25) is 0 Å². The summed E-state index contributed by atoms with van der Waals surface area (Å²) in [5.41, 5.74) is 0.760. The van der Waals surface area contributed by atoms with Crippen molar-refractivity contribution in [2.45, 2.75) is 38.3 Å². The molecule has 0 saturated carbocycles. The molecule has 1 aromatic rings. The highest BCUT2D eigenvalue weighted by Gasteiger charge is 2.36. The quantitative estimate of drug-likeness (QED) is 0.805. The van der Waals surface area contributed by atoms with Gasteiger partial charge in [-0.05, 0) is 19.9 Å². The minimum atomic E-state index is -0.243. The summed E-state index contributed by atoms with van der Waals surface area (Å²) in [4.78, 5) is 8.31. The molecule has 0 aliphatic rings. The van der Waals surface area contributed by atoms with Gasteiger partial charge >= 0.3 is 6.01 Å². The second kappa shape index (κ2) is 6.66. The van der Waals surface area contributed by atoms with E-state index in [9.17, 15) is 0 Å². The van der Waals surface area contributed by atoms with Gasteiger partial charge < -0.3 is 14.8 Å². The van der Waals surface area contributed by atoms with Crippen LogP contribution in [0.4, 0.5) is 0 Å². The topological polar surface area (TPSA) is 56.3 Å². The Morgan fingerprint density at radius 1 is 1.22 bits per heavy atom. The van der Waals surface area contributed by atoms with E-state index in [0.29, 0.717) is 6.01 Å². The van der Waals surface area contributed by atoms with Gasteiger partial charge in [0, 0.05) is 25.1 Å². The molecule has 1 unspecified atom stereocenters. The summed E-state index contributed by atoms with van der Waals surface area (Å²) in [6.45, 7) is 4.25. The largest absolute Gasteiger partial charge is 0.467 e. The number of rotatable bonds is 7. The van der Waals surface area contributed by atoms with E-state index in [1.165, 1.54) is 0 Å². The van der Waals surface area contributed by atoms with Crippen molar-refractivity contribution in [3.63, 3.8) is 0 Å². The zero-order valence-corrected chi connectivity index (χ0v) is 11.9. The van der Waals surface area contributed by atoms with Gasteiger partial charge in [-0.1, -0.05) is 13.8 Å².